The second-order valence-corrected chi connectivity index (χ2v) is 5.15. The second-order valence-electron chi connectivity index (χ2n) is 4.75. The highest BCUT2D eigenvalue weighted by molar-refractivity contribution is 6.32. The van der Waals surface area contributed by atoms with E-state index in [9.17, 15) is 0 Å². The summed E-state index contributed by atoms with van der Waals surface area (Å²) in [5.74, 6) is 0.670. The van der Waals surface area contributed by atoms with E-state index in [4.69, 9.17) is 27.3 Å². The van der Waals surface area contributed by atoms with Crippen LogP contribution in [0.25, 0.3) is 0 Å². The molecule has 0 bridgehead atoms. The van der Waals surface area contributed by atoms with E-state index in [0.29, 0.717) is 22.9 Å². The van der Waals surface area contributed by atoms with Crippen molar-refractivity contribution in [2.24, 2.45) is 10.9 Å². The fourth-order valence-corrected chi connectivity index (χ4v) is 2.13. The van der Waals surface area contributed by atoms with Crippen LogP contribution in [0.15, 0.2) is 23.4 Å². The van der Waals surface area contributed by atoms with Gasteiger partial charge in [-0.1, -0.05) is 55.8 Å². The zero-order valence-electron chi connectivity index (χ0n) is 11.9. The van der Waals surface area contributed by atoms with Crippen molar-refractivity contribution in [1.29, 1.82) is 0 Å². The lowest BCUT2D eigenvalue weighted by molar-refractivity contribution is 0.304. The molecule has 0 aliphatic heterocycles. The van der Waals surface area contributed by atoms with Crippen LogP contribution in [0, 0.1) is 0 Å². The monoisotopic (exact) mass is 298 g/mol. The molecule has 4 nitrogen and oxygen atoms in total. The molecule has 0 saturated heterocycles. The van der Waals surface area contributed by atoms with Gasteiger partial charge in [-0.2, -0.15) is 0 Å². The smallest absolute Gasteiger partial charge is 0.170 e. The minimum atomic E-state index is 0.0365. The van der Waals surface area contributed by atoms with Gasteiger partial charge in [0, 0.05) is 5.56 Å². The molecule has 0 aromatic heterocycles. The Hall–Kier alpha value is -1.42. The van der Waals surface area contributed by atoms with Crippen molar-refractivity contribution in [3.05, 3.63) is 28.8 Å². The fraction of sp³-hybridized carbons (Fsp3) is 0.533. The van der Waals surface area contributed by atoms with Crippen molar-refractivity contribution >= 4 is 17.4 Å². The quantitative estimate of drug-likeness (QED) is 0.236. The van der Waals surface area contributed by atoms with Gasteiger partial charge in [-0.3, -0.25) is 0 Å². The molecule has 1 aromatic carbocycles. The van der Waals surface area contributed by atoms with E-state index in [1.165, 1.54) is 32.1 Å². The summed E-state index contributed by atoms with van der Waals surface area (Å²) < 4.78 is 5.64. The molecule has 5 heteroatoms. The molecule has 0 unspecified atom stereocenters. The van der Waals surface area contributed by atoms with Gasteiger partial charge in [0.05, 0.1) is 11.6 Å². The minimum absolute atomic E-state index is 0.0365. The third kappa shape index (κ3) is 5.70. The third-order valence-electron chi connectivity index (χ3n) is 3.09. The van der Waals surface area contributed by atoms with Gasteiger partial charge in [-0.05, 0) is 24.6 Å². The van der Waals surface area contributed by atoms with Crippen LogP contribution in [0.2, 0.25) is 5.02 Å². The van der Waals surface area contributed by atoms with Crippen molar-refractivity contribution in [2.45, 2.75) is 45.4 Å². The summed E-state index contributed by atoms with van der Waals surface area (Å²) in [5, 5.41) is 12.0. The zero-order valence-corrected chi connectivity index (χ0v) is 12.7. The van der Waals surface area contributed by atoms with Crippen LogP contribution in [-0.4, -0.2) is 17.6 Å². The standard InChI is InChI=1S/C15H23ClN2O2/c1-2-3-4-5-6-7-10-20-14-9-8-12(11-13(14)16)15(17)18-19/h8-9,11,19H,2-7,10H2,1H3,(H2,17,18). The van der Waals surface area contributed by atoms with Crippen LogP contribution in [0.5, 0.6) is 5.75 Å². The predicted octanol–water partition coefficient (Wildman–Crippen LogP) is 4.17. The van der Waals surface area contributed by atoms with Crippen LogP contribution in [0.3, 0.4) is 0 Å². The van der Waals surface area contributed by atoms with Gasteiger partial charge in [0.25, 0.3) is 0 Å². The number of oxime groups is 1. The van der Waals surface area contributed by atoms with E-state index < -0.39 is 0 Å². The van der Waals surface area contributed by atoms with Gasteiger partial charge in [0.2, 0.25) is 0 Å². The molecule has 0 amide bonds. The Kier molecular flexibility index (Phi) is 7.88. The van der Waals surface area contributed by atoms with Gasteiger partial charge in [-0.15, -0.1) is 0 Å². The number of hydrogen-bond acceptors (Lipinski definition) is 3. The van der Waals surface area contributed by atoms with Gasteiger partial charge >= 0.3 is 0 Å². The second kappa shape index (κ2) is 9.48. The summed E-state index contributed by atoms with van der Waals surface area (Å²) in [5.41, 5.74) is 6.07. The Morgan fingerprint density at radius 1 is 1.25 bits per heavy atom. The summed E-state index contributed by atoms with van der Waals surface area (Å²) in [6, 6.07) is 5.09. The summed E-state index contributed by atoms with van der Waals surface area (Å²) in [4.78, 5) is 0. The average Bonchev–Trinajstić information content (AvgIpc) is 2.46. The van der Waals surface area contributed by atoms with E-state index in [2.05, 4.69) is 12.1 Å². The van der Waals surface area contributed by atoms with Crippen molar-refractivity contribution in [1.82, 2.24) is 0 Å². The highest BCUT2D eigenvalue weighted by Gasteiger charge is 2.05. The van der Waals surface area contributed by atoms with E-state index in [1.54, 1.807) is 18.2 Å². The summed E-state index contributed by atoms with van der Waals surface area (Å²) in [7, 11) is 0. The fourth-order valence-electron chi connectivity index (χ4n) is 1.90. The van der Waals surface area contributed by atoms with Crippen LogP contribution >= 0.6 is 11.6 Å². The van der Waals surface area contributed by atoms with Gasteiger partial charge in [-0.25, -0.2) is 0 Å². The van der Waals surface area contributed by atoms with Crippen LogP contribution < -0.4 is 10.5 Å². The molecule has 0 fully saturated rings. The predicted molar refractivity (Wildman–Crippen MR) is 82.8 cm³/mol. The average molecular weight is 299 g/mol. The van der Waals surface area contributed by atoms with E-state index in [1.807, 2.05) is 0 Å². The van der Waals surface area contributed by atoms with Crippen molar-refractivity contribution in [3.8, 4) is 5.75 Å². The van der Waals surface area contributed by atoms with Gasteiger partial charge in [0.15, 0.2) is 5.84 Å². The van der Waals surface area contributed by atoms with Gasteiger partial charge in [0.1, 0.15) is 5.75 Å². The molecule has 0 aliphatic rings. The number of ether oxygens (including phenoxy) is 1. The number of hydrogen-bond donors (Lipinski definition) is 2. The highest BCUT2D eigenvalue weighted by atomic mass is 35.5. The lowest BCUT2D eigenvalue weighted by Crippen LogP contribution is -2.13. The highest BCUT2D eigenvalue weighted by Crippen LogP contribution is 2.25. The number of amidine groups is 1. The zero-order chi connectivity index (χ0) is 14.8. The number of benzene rings is 1. The third-order valence-corrected chi connectivity index (χ3v) is 3.39. The maximum absolute atomic E-state index is 8.60. The lowest BCUT2D eigenvalue weighted by Gasteiger charge is -2.09. The number of halogens is 1. The van der Waals surface area contributed by atoms with E-state index >= 15 is 0 Å². The Bertz CT molecular complexity index is 436. The Morgan fingerprint density at radius 2 is 1.95 bits per heavy atom. The lowest BCUT2D eigenvalue weighted by atomic mass is 10.1. The van der Waals surface area contributed by atoms with E-state index in [0.717, 1.165) is 6.42 Å². The molecular formula is C15H23ClN2O2. The Labute approximate surface area is 125 Å². The Morgan fingerprint density at radius 3 is 2.60 bits per heavy atom. The molecule has 0 spiro atoms. The maximum atomic E-state index is 8.60. The number of rotatable bonds is 9. The molecule has 0 radical (unpaired) electrons. The first-order valence-corrected chi connectivity index (χ1v) is 7.47. The molecule has 112 valence electrons. The molecule has 0 heterocycles. The largest absolute Gasteiger partial charge is 0.492 e. The molecule has 0 aliphatic carbocycles. The summed E-state index contributed by atoms with van der Waals surface area (Å²) in [6.07, 6.45) is 7.33. The van der Waals surface area contributed by atoms with Crippen molar-refractivity contribution in [3.63, 3.8) is 0 Å². The normalized spacial score (nSPS) is 11.6. The Balaban J connectivity index is 2.34. The number of unbranched alkanes of at least 4 members (excludes halogenated alkanes) is 5. The number of nitrogens with two attached hydrogens (primary N) is 1. The van der Waals surface area contributed by atoms with E-state index in [-0.39, 0.29) is 5.84 Å². The van der Waals surface area contributed by atoms with Crippen molar-refractivity contribution in [2.75, 3.05) is 6.61 Å². The first-order chi connectivity index (χ1) is 9.69. The van der Waals surface area contributed by atoms with Crippen LogP contribution in [0.4, 0.5) is 0 Å². The molecule has 20 heavy (non-hydrogen) atoms. The summed E-state index contributed by atoms with van der Waals surface area (Å²) in [6.45, 7) is 2.87. The van der Waals surface area contributed by atoms with Gasteiger partial charge < -0.3 is 15.7 Å². The van der Waals surface area contributed by atoms with Crippen LogP contribution in [-0.2, 0) is 0 Å². The molecule has 1 rings (SSSR count). The molecular weight excluding hydrogens is 276 g/mol. The molecule has 0 atom stereocenters. The topological polar surface area (TPSA) is 67.8 Å². The molecule has 1 aromatic rings. The SMILES string of the molecule is CCCCCCCCOc1ccc(C(N)=NO)cc1Cl. The van der Waals surface area contributed by atoms with Crippen LogP contribution in [0.1, 0.15) is 51.0 Å². The minimum Gasteiger partial charge on any atom is -0.492 e. The first kappa shape index (κ1) is 16.6. The number of nitrogens with zero attached hydrogens (tertiary/aromatic N) is 1. The van der Waals surface area contributed by atoms with Crippen molar-refractivity contribution < 1.29 is 9.94 Å². The first-order valence-electron chi connectivity index (χ1n) is 7.09. The molecule has 3 N–H and O–H groups in total. The maximum Gasteiger partial charge on any atom is 0.170 e. The molecule has 0 saturated carbocycles. The summed E-state index contributed by atoms with van der Waals surface area (Å²) >= 11 is 6.09.